The molecule has 2 amide bonds. The molecule has 34 heavy (non-hydrogen) atoms. The normalized spacial score (nSPS) is 22.0. The van der Waals surface area contributed by atoms with Gasteiger partial charge in [0.05, 0.1) is 6.04 Å². The second kappa shape index (κ2) is 10.6. The molecule has 6 heteroatoms. The van der Waals surface area contributed by atoms with Crippen molar-refractivity contribution in [1.29, 1.82) is 0 Å². The van der Waals surface area contributed by atoms with Gasteiger partial charge >= 0.3 is 6.09 Å². The second-order valence-electron chi connectivity index (χ2n) is 10.4. The molecule has 0 aromatic heterocycles. The molecule has 2 fully saturated rings. The molecular formula is C28H37N3O3. The molecule has 2 aliphatic rings. The van der Waals surface area contributed by atoms with Gasteiger partial charge in [0.15, 0.2) is 0 Å². The van der Waals surface area contributed by atoms with Crippen LogP contribution in [0.5, 0.6) is 0 Å². The van der Waals surface area contributed by atoms with E-state index < -0.39 is 5.60 Å². The van der Waals surface area contributed by atoms with E-state index in [1.165, 1.54) is 5.56 Å². The highest BCUT2D eigenvalue weighted by molar-refractivity contribution is 5.77. The SMILES string of the molecule is CC(C)(C)OC(=O)N1CCN(C[C@@H]2CCC(=O)N(Cc3ccccc3)[C@H]2c2ccccc2)CC1. The van der Waals surface area contributed by atoms with Gasteiger partial charge in [0.25, 0.3) is 0 Å². The lowest BCUT2D eigenvalue weighted by Crippen LogP contribution is -2.52. The summed E-state index contributed by atoms with van der Waals surface area (Å²) in [5, 5.41) is 0. The third kappa shape index (κ3) is 6.17. The van der Waals surface area contributed by atoms with Crippen molar-refractivity contribution in [3.05, 3.63) is 71.8 Å². The fourth-order valence-corrected chi connectivity index (χ4v) is 5.05. The lowest BCUT2D eigenvalue weighted by Gasteiger charge is -2.44. The summed E-state index contributed by atoms with van der Waals surface area (Å²) in [6.07, 6.45) is 1.24. The highest BCUT2D eigenvalue weighted by Crippen LogP contribution is 2.38. The van der Waals surface area contributed by atoms with E-state index in [0.29, 0.717) is 32.0 Å². The Morgan fingerprint density at radius 2 is 1.56 bits per heavy atom. The van der Waals surface area contributed by atoms with E-state index in [1.807, 2.05) is 49.9 Å². The zero-order valence-corrected chi connectivity index (χ0v) is 20.7. The molecular weight excluding hydrogens is 426 g/mol. The second-order valence-corrected chi connectivity index (χ2v) is 10.4. The summed E-state index contributed by atoms with van der Waals surface area (Å²) in [7, 11) is 0. The molecule has 0 bridgehead atoms. The number of amides is 2. The molecule has 0 unspecified atom stereocenters. The number of piperazine rings is 1. The van der Waals surface area contributed by atoms with Crippen LogP contribution in [0, 0.1) is 5.92 Å². The summed E-state index contributed by atoms with van der Waals surface area (Å²) in [6, 6.07) is 20.7. The Bertz CT molecular complexity index is 950. The third-order valence-electron chi connectivity index (χ3n) is 6.69. The predicted octanol–water partition coefficient (Wildman–Crippen LogP) is 4.72. The molecule has 2 aromatic carbocycles. The number of carbonyl (C=O) groups excluding carboxylic acids is 2. The topological polar surface area (TPSA) is 53.1 Å². The summed E-state index contributed by atoms with van der Waals surface area (Å²) in [4.78, 5) is 31.9. The van der Waals surface area contributed by atoms with Crippen LogP contribution in [0.3, 0.4) is 0 Å². The third-order valence-corrected chi connectivity index (χ3v) is 6.69. The Kier molecular flexibility index (Phi) is 7.57. The molecule has 0 saturated carbocycles. The number of carbonyl (C=O) groups is 2. The van der Waals surface area contributed by atoms with Crippen LogP contribution in [0.1, 0.15) is 50.8 Å². The van der Waals surface area contributed by atoms with E-state index in [4.69, 9.17) is 4.74 Å². The Morgan fingerprint density at radius 3 is 2.18 bits per heavy atom. The molecule has 182 valence electrons. The number of hydrogen-bond donors (Lipinski definition) is 0. The van der Waals surface area contributed by atoms with Gasteiger partial charge in [0.2, 0.25) is 5.91 Å². The molecule has 2 atom stereocenters. The number of ether oxygens (including phenoxy) is 1. The van der Waals surface area contributed by atoms with Crippen molar-refractivity contribution < 1.29 is 14.3 Å². The van der Waals surface area contributed by atoms with E-state index in [-0.39, 0.29) is 18.0 Å². The van der Waals surface area contributed by atoms with E-state index in [0.717, 1.165) is 31.6 Å². The van der Waals surface area contributed by atoms with E-state index in [2.05, 4.69) is 46.2 Å². The maximum absolute atomic E-state index is 13.1. The van der Waals surface area contributed by atoms with E-state index >= 15 is 0 Å². The molecule has 0 N–H and O–H groups in total. The Labute approximate surface area is 203 Å². The van der Waals surface area contributed by atoms with Crippen molar-refractivity contribution in [2.24, 2.45) is 5.92 Å². The monoisotopic (exact) mass is 463 g/mol. The van der Waals surface area contributed by atoms with Gasteiger partial charge in [-0.25, -0.2) is 4.79 Å². The van der Waals surface area contributed by atoms with Gasteiger partial charge < -0.3 is 14.5 Å². The van der Waals surface area contributed by atoms with E-state index in [1.54, 1.807) is 0 Å². The fourth-order valence-electron chi connectivity index (χ4n) is 5.05. The van der Waals surface area contributed by atoms with Crippen molar-refractivity contribution in [1.82, 2.24) is 14.7 Å². The summed E-state index contributed by atoms with van der Waals surface area (Å²) in [5.41, 5.74) is 1.88. The molecule has 0 spiro atoms. The first-order valence-electron chi connectivity index (χ1n) is 12.4. The number of benzene rings is 2. The van der Waals surface area contributed by atoms with Gasteiger partial charge in [0, 0.05) is 45.7 Å². The van der Waals surface area contributed by atoms with Crippen LogP contribution in [-0.2, 0) is 16.1 Å². The zero-order valence-electron chi connectivity index (χ0n) is 20.7. The van der Waals surface area contributed by atoms with Gasteiger partial charge in [0.1, 0.15) is 5.60 Å². The van der Waals surface area contributed by atoms with Gasteiger partial charge in [-0.2, -0.15) is 0 Å². The highest BCUT2D eigenvalue weighted by Gasteiger charge is 2.38. The van der Waals surface area contributed by atoms with Crippen LogP contribution >= 0.6 is 0 Å². The molecule has 0 radical (unpaired) electrons. The van der Waals surface area contributed by atoms with Gasteiger partial charge in [-0.15, -0.1) is 0 Å². The van der Waals surface area contributed by atoms with Gasteiger partial charge in [-0.05, 0) is 44.2 Å². The first kappa shape index (κ1) is 24.3. The average Bonchev–Trinajstić information content (AvgIpc) is 2.82. The smallest absolute Gasteiger partial charge is 0.410 e. The fraction of sp³-hybridized carbons (Fsp3) is 0.500. The Balaban J connectivity index is 1.46. The average molecular weight is 464 g/mol. The zero-order chi connectivity index (χ0) is 24.1. The number of piperidine rings is 1. The first-order valence-corrected chi connectivity index (χ1v) is 12.4. The van der Waals surface area contributed by atoms with Crippen molar-refractivity contribution >= 4 is 12.0 Å². The minimum Gasteiger partial charge on any atom is -0.444 e. The number of rotatable bonds is 5. The molecule has 2 saturated heterocycles. The highest BCUT2D eigenvalue weighted by atomic mass is 16.6. The lowest BCUT2D eigenvalue weighted by atomic mass is 9.83. The van der Waals surface area contributed by atoms with Crippen LogP contribution in [0.15, 0.2) is 60.7 Å². The minimum absolute atomic E-state index is 0.0477. The minimum atomic E-state index is -0.478. The maximum atomic E-state index is 13.1. The van der Waals surface area contributed by atoms with Crippen LogP contribution in [-0.4, -0.2) is 65.0 Å². The van der Waals surface area contributed by atoms with Crippen molar-refractivity contribution in [2.45, 2.75) is 51.8 Å². The molecule has 4 rings (SSSR count). The lowest BCUT2D eigenvalue weighted by molar-refractivity contribution is -0.140. The number of nitrogens with zero attached hydrogens (tertiary/aromatic N) is 3. The molecule has 6 nitrogen and oxygen atoms in total. The van der Waals surface area contributed by atoms with Gasteiger partial charge in [-0.1, -0.05) is 60.7 Å². The van der Waals surface area contributed by atoms with Crippen LogP contribution in [0.25, 0.3) is 0 Å². The maximum Gasteiger partial charge on any atom is 0.410 e. The molecule has 2 aromatic rings. The van der Waals surface area contributed by atoms with Crippen LogP contribution in [0.4, 0.5) is 4.79 Å². The van der Waals surface area contributed by atoms with Crippen LogP contribution < -0.4 is 0 Å². The van der Waals surface area contributed by atoms with Crippen LogP contribution in [0.2, 0.25) is 0 Å². The first-order chi connectivity index (χ1) is 16.3. The summed E-state index contributed by atoms with van der Waals surface area (Å²) in [5.74, 6) is 0.570. The quantitative estimate of drug-likeness (QED) is 0.644. The number of hydrogen-bond acceptors (Lipinski definition) is 4. The molecule has 0 aliphatic carbocycles. The number of likely N-dealkylation sites (tertiary alicyclic amines) is 1. The van der Waals surface area contributed by atoms with Gasteiger partial charge in [-0.3, -0.25) is 9.69 Å². The van der Waals surface area contributed by atoms with Crippen molar-refractivity contribution in [3.8, 4) is 0 Å². The standard InChI is InChI=1S/C28H37N3O3/c1-28(2,3)34-27(33)30-18-16-29(17-19-30)21-24-14-15-25(32)31(20-22-10-6-4-7-11-22)26(24)23-12-8-5-9-13-23/h4-13,24,26H,14-21H2,1-3H3/t24-,26-/m0/s1. The summed E-state index contributed by atoms with van der Waals surface area (Å²) in [6.45, 7) is 10.2. The molecule has 2 heterocycles. The molecule has 2 aliphatic heterocycles. The Hall–Kier alpha value is -2.86. The van der Waals surface area contributed by atoms with Crippen molar-refractivity contribution in [3.63, 3.8) is 0 Å². The summed E-state index contributed by atoms with van der Waals surface area (Å²) >= 11 is 0. The van der Waals surface area contributed by atoms with Crippen molar-refractivity contribution in [2.75, 3.05) is 32.7 Å². The summed E-state index contributed by atoms with van der Waals surface area (Å²) < 4.78 is 5.54. The Morgan fingerprint density at radius 1 is 0.941 bits per heavy atom. The predicted molar refractivity (Wildman–Crippen MR) is 133 cm³/mol. The van der Waals surface area contributed by atoms with E-state index in [9.17, 15) is 9.59 Å². The largest absolute Gasteiger partial charge is 0.444 e.